The van der Waals surface area contributed by atoms with Gasteiger partial charge in [-0.05, 0) is 12.8 Å². The van der Waals surface area contributed by atoms with E-state index in [0.717, 1.165) is 0 Å². The molecule has 0 aliphatic rings. The minimum Gasteiger partial charge on any atom is -0.481 e. The molecule has 2 N–H and O–H groups in total. The highest BCUT2D eigenvalue weighted by Crippen LogP contribution is 2.06. The topological polar surface area (TPSA) is 83.8 Å². The summed E-state index contributed by atoms with van der Waals surface area (Å²) < 4.78 is 4.88. The molecular weight excluding hydrogens is 188 g/mol. The van der Waals surface area contributed by atoms with Gasteiger partial charge in [0.25, 0.3) is 0 Å². The average molecular weight is 204 g/mol. The first kappa shape index (κ1) is 12.9. The van der Waals surface area contributed by atoms with E-state index in [0.29, 0.717) is 12.8 Å². The average Bonchev–Trinajstić information content (AvgIpc) is 2.12. The van der Waals surface area contributed by atoms with Crippen molar-refractivity contribution in [3.63, 3.8) is 0 Å². The third kappa shape index (κ3) is 6.42. The summed E-state index contributed by atoms with van der Waals surface area (Å²) in [5.41, 5.74) is 0. The Labute approximate surface area is 82.7 Å². The second-order valence-corrected chi connectivity index (χ2v) is 2.95. The number of aliphatic hydroxyl groups excluding tert-OH is 1. The van der Waals surface area contributed by atoms with Crippen molar-refractivity contribution in [1.29, 1.82) is 0 Å². The SMILES string of the molecule is CCC(CC(=O)O)OC(=O)CCCO. The van der Waals surface area contributed by atoms with Crippen molar-refractivity contribution in [2.75, 3.05) is 6.61 Å². The molecule has 14 heavy (non-hydrogen) atoms. The van der Waals surface area contributed by atoms with E-state index in [1.165, 1.54) is 0 Å². The van der Waals surface area contributed by atoms with Crippen molar-refractivity contribution >= 4 is 11.9 Å². The van der Waals surface area contributed by atoms with Gasteiger partial charge in [0.2, 0.25) is 0 Å². The fourth-order valence-corrected chi connectivity index (χ4v) is 0.932. The first-order valence-electron chi connectivity index (χ1n) is 4.62. The number of esters is 1. The number of hydrogen-bond donors (Lipinski definition) is 2. The standard InChI is InChI=1S/C9H16O5/c1-2-7(6-8(11)12)14-9(13)4-3-5-10/h7,10H,2-6H2,1H3,(H,11,12). The molecule has 0 aromatic carbocycles. The van der Waals surface area contributed by atoms with Crippen LogP contribution in [0.3, 0.4) is 0 Å². The fraction of sp³-hybridized carbons (Fsp3) is 0.778. The van der Waals surface area contributed by atoms with Crippen molar-refractivity contribution in [2.45, 2.75) is 38.7 Å². The molecule has 0 heterocycles. The minimum atomic E-state index is -0.980. The zero-order valence-electron chi connectivity index (χ0n) is 8.23. The number of rotatable bonds is 7. The van der Waals surface area contributed by atoms with E-state index < -0.39 is 18.0 Å². The van der Waals surface area contributed by atoms with Crippen LogP contribution in [0.15, 0.2) is 0 Å². The number of aliphatic carboxylic acids is 1. The third-order valence-electron chi connectivity index (χ3n) is 1.69. The predicted octanol–water partition coefficient (Wildman–Crippen LogP) is 0.555. The van der Waals surface area contributed by atoms with E-state index in [9.17, 15) is 9.59 Å². The third-order valence-corrected chi connectivity index (χ3v) is 1.69. The van der Waals surface area contributed by atoms with Gasteiger partial charge < -0.3 is 14.9 Å². The molecule has 0 aliphatic carbocycles. The zero-order valence-corrected chi connectivity index (χ0v) is 8.23. The molecule has 0 amide bonds. The summed E-state index contributed by atoms with van der Waals surface area (Å²) in [4.78, 5) is 21.4. The van der Waals surface area contributed by atoms with Crippen LogP contribution in [-0.2, 0) is 14.3 Å². The first-order chi connectivity index (χ1) is 6.60. The quantitative estimate of drug-likeness (QED) is 0.592. The zero-order chi connectivity index (χ0) is 11.0. The van der Waals surface area contributed by atoms with Gasteiger partial charge in [0.1, 0.15) is 6.10 Å². The largest absolute Gasteiger partial charge is 0.481 e. The van der Waals surface area contributed by atoms with Crippen LogP contribution in [0.25, 0.3) is 0 Å². The molecular formula is C9H16O5. The molecule has 0 saturated heterocycles. The van der Waals surface area contributed by atoms with Crippen molar-refractivity contribution in [3.05, 3.63) is 0 Å². The van der Waals surface area contributed by atoms with Gasteiger partial charge in [-0.2, -0.15) is 0 Å². The maximum atomic E-state index is 11.0. The van der Waals surface area contributed by atoms with Gasteiger partial charge in [-0.1, -0.05) is 6.92 Å². The summed E-state index contributed by atoms with van der Waals surface area (Å²) in [5, 5.41) is 16.9. The Morgan fingerprint density at radius 2 is 2.07 bits per heavy atom. The van der Waals surface area contributed by atoms with E-state index >= 15 is 0 Å². The van der Waals surface area contributed by atoms with Gasteiger partial charge >= 0.3 is 11.9 Å². The molecule has 0 rings (SSSR count). The second-order valence-electron chi connectivity index (χ2n) is 2.95. The summed E-state index contributed by atoms with van der Waals surface area (Å²) in [6.45, 7) is 1.69. The molecule has 0 aliphatic heterocycles. The van der Waals surface area contributed by atoms with Gasteiger partial charge in [-0.15, -0.1) is 0 Å². The molecule has 0 radical (unpaired) electrons. The maximum Gasteiger partial charge on any atom is 0.307 e. The molecule has 82 valence electrons. The fourth-order valence-electron chi connectivity index (χ4n) is 0.932. The van der Waals surface area contributed by atoms with E-state index in [1.807, 2.05) is 0 Å². The number of carbonyl (C=O) groups excluding carboxylic acids is 1. The monoisotopic (exact) mass is 204 g/mol. The molecule has 0 bridgehead atoms. The molecule has 5 heteroatoms. The lowest BCUT2D eigenvalue weighted by molar-refractivity contribution is -0.153. The molecule has 0 spiro atoms. The van der Waals surface area contributed by atoms with Gasteiger partial charge in [0.15, 0.2) is 0 Å². The molecule has 5 nitrogen and oxygen atoms in total. The predicted molar refractivity (Wildman–Crippen MR) is 48.7 cm³/mol. The highest BCUT2D eigenvalue weighted by molar-refractivity contribution is 5.71. The summed E-state index contributed by atoms with van der Waals surface area (Å²) in [5.74, 6) is -1.43. The smallest absolute Gasteiger partial charge is 0.307 e. The van der Waals surface area contributed by atoms with Crippen molar-refractivity contribution in [3.8, 4) is 0 Å². The Bertz CT molecular complexity index is 190. The van der Waals surface area contributed by atoms with Crippen LogP contribution in [0.1, 0.15) is 32.6 Å². The van der Waals surface area contributed by atoms with Crippen molar-refractivity contribution < 1.29 is 24.5 Å². The number of hydrogen-bond acceptors (Lipinski definition) is 4. The maximum absolute atomic E-state index is 11.0. The molecule has 0 saturated carbocycles. The lowest BCUT2D eigenvalue weighted by Gasteiger charge is -2.13. The van der Waals surface area contributed by atoms with Crippen LogP contribution in [0.5, 0.6) is 0 Å². The normalized spacial score (nSPS) is 12.1. The van der Waals surface area contributed by atoms with Crippen LogP contribution >= 0.6 is 0 Å². The number of aliphatic hydroxyl groups is 1. The molecule has 0 aromatic rings. The van der Waals surface area contributed by atoms with Gasteiger partial charge in [-0.3, -0.25) is 9.59 Å². The highest BCUT2D eigenvalue weighted by Gasteiger charge is 2.15. The summed E-state index contributed by atoms with van der Waals surface area (Å²) >= 11 is 0. The van der Waals surface area contributed by atoms with Crippen LogP contribution in [0.4, 0.5) is 0 Å². The summed E-state index contributed by atoms with van der Waals surface area (Å²) in [7, 11) is 0. The summed E-state index contributed by atoms with van der Waals surface area (Å²) in [6.07, 6.45) is 0.242. The van der Waals surface area contributed by atoms with Crippen LogP contribution in [0, 0.1) is 0 Å². The van der Waals surface area contributed by atoms with Gasteiger partial charge in [-0.25, -0.2) is 0 Å². The molecule has 0 fully saturated rings. The Hall–Kier alpha value is -1.10. The van der Waals surface area contributed by atoms with Crippen molar-refractivity contribution in [1.82, 2.24) is 0 Å². The first-order valence-corrected chi connectivity index (χ1v) is 4.62. The number of carbonyl (C=O) groups is 2. The van der Waals surface area contributed by atoms with E-state index in [1.54, 1.807) is 6.92 Å². The lowest BCUT2D eigenvalue weighted by Crippen LogP contribution is -2.20. The summed E-state index contributed by atoms with van der Waals surface area (Å²) in [6, 6.07) is 0. The second kappa shape index (κ2) is 7.32. The van der Waals surface area contributed by atoms with Crippen LogP contribution in [0.2, 0.25) is 0 Å². The van der Waals surface area contributed by atoms with Crippen LogP contribution in [-0.4, -0.2) is 34.9 Å². The van der Waals surface area contributed by atoms with E-state index in [-0.39, 0.29) is 19.4 Å². The van der Waals surface area contributed by atoms with Gasteiger partial charge in [0, 0.05) is 13.0 Å². The lowest BCUT2D eigenvalue weighted by atomic mass is 10.2. The van der Waals surface area contributed by atoms with Crippen molar-refractivity contribution in [2.24, 2.45) is 0 Å². The van der Waals surface area contributed by atoms with Gasteiger partial charge in [0.05, 0.1) is 6.42 Å². The molecule has 0 aromatic heterocycles. The molecule has 1 atom stereocenters. The Balaban J connectivity index is 3.80. The Morgan fingerprint density at radius 3 is 2.50 bits per heavy atom. The molecule has 1 unspecified atom stereocenters. The van der Waals surface area contributed by atoms with Crippen LogP contribution < -0.4 is 0 Å². The number of carboxylic acid groups (broad SMARTS) is 1. The number of carboxylic acids is 1. The van der Waals surface area contributed by atoms with E-state index in [2.05, 4.69) is 0 Å². The minimum absolute atomic E-state index is 0.0647. The number of ether oxygens (including phenoxy) is 1. The Morgan fingerprint density at radius 1 is 1.43 bits per heavy atom. The van der Waals surface area contributed by atoms with E-state index in [4.69, 9.17) is 14.9 Å². The Kier molecular flexibility index (Phi) is 6.74. The highest BCUT2D eigenvalue weighted by atomic mass is 16.5.